The predicted octanol–water partition coefficient (Wildman–Crippen LogP) is 7.72. The van der Waals surface area contributed by atoms with Gasteiger partial charge in [-0.05, 0) is 69.6 Å². The quantitative estimate of drug-likeness (QED) is 0.117. The number of aliphatic hydroxyl groups is 1. The second kappa shape index (κ2) is 14.2. The van der Waals surface area contributed by atoms with Gasteiger partial charge in [0.05, 0.1) is 16.8 Å². The summed E-state index contributed by atoms with van der Waals surface area (Å²) >= 11 is 0. The number of nitrogens with zero attached hydrogens (tertiary/aromatic N) is 3. The van der Waals surface area contributed by atoms with Gasteiger partial charge in [-0.2, -0.15) is 11.6 Å². The number of rotatable bonds is 8. The number of aromatic nitrogens is 3. The van der Waals surface area contributed by atoms with E-state index in [0.717, 1.165) is 70.3 Å². The number of ketones is 1. The summed E-state index contributed by atoms with van der Waals surface area (Å²) in [4.78, 5) is 24.9. The summed E-state index contributed by atoms with van der Waals surface area (Å²) in [5, 5.41) is 10.8. The van der Waals surface area contributed by atoms with Gasteiger partial charge in [0.2, 0.25) is 0 Å². The summed E-state index contributed by atoms with van der Waals surface area (Å²) in [5.41, 5.74) is 5.25. The predicted molar refractivity (Wildman–Crippen MR) is 145 cm³/mol. The standard InChI is InChI=1S/C17H12N3O.C13H24O2.Ir/c1-10-11(2)21-17-14(10)16-13(4-3-7-19-16)20-15(17)12-5-8-18-9-6-12;1-5-10(6-2)12(14)9-13(15)11(7-3)8-4;/h3-5,7-9H,1-2H3;9-11,14H,5-8H2,1-4H3;/q-1;;/b;12-9-;. The number of fused-ring (bicyclic) bond motifs is 3. The number of carbonyl (C=O) groups is 1. The minimum atomic E-state index is 0. The SMILES string of the molecule is CCC(CC)C(=O)/C=C(\O)C(CC)CC.Cc1oc2c(-c3[c-]cncc3)nc3cccnc3c2c1C.[Ir]. The van der Waals surface area contributed by atoms with E-state index >= 15 is 0 Å². The molecule has 0 saturated heterocycles. The first-order chi connectivity index (χ1) is 17.4. The second-order valence-electron chi connectivity index (χ2n) is 8.97. The molecule has 0 aliphatic heterocycles. The molecule has 4 heterocycles. The number of furan rings is 1. The Bertz CT molecular complexity index is 1340. The Morgan fingerprint density at radius 2 is 1.73 bits per heavy atom. The molecule has 0 spiro atoms. The molecular weight excluding hydrogens is 643 g/mol. The van der Waals surface area contributed by atoms with E-state index in [1.165, 1.54) is 6.08 Å². The van der Waals surface area contributed by atoms with Gasteiger partial charge in [0.15, 0.2) is 5.78 Å². The van der Waals surface area contributed by atoms with E-state index in [4.69, 9.17) is 9.40 Å². The maximum atomic E-state index is 11.7. The largest absolute Gasteiger partial charge is 0.512 e. The molecule has 0 saturated carbocycles. The zero-order chi connectivity index (χ0) is 26.2. The van der Waals surface area contributed by atoms with Crippen LogP contribution in [0.4, 0.5) is 0 Å². The van der Waals surface area contributed by atoms with Crippen molar-refractivity contribution in [1.82, 2.24) is 15.0 Å². The van der Waals surface area contributed by atoms with Gasteiger partial charge in [0.1, 0.15) is 11.3 Å². The van der Waals surface area contributed by atoms with Crippen LogP contribution in [0.15, 0.2) is 53.0 Å². The summed E-state index contributed by atoms with van der Waals surface area (Å²) in [5.74, 6) is 1.44. The molecule has 1 radical (unpaired) electrons. The minimum absolute atomic E-state index is 0. The van der Waals surface area contributed by atoms with E-state index in [1.54, 1.807) is 18.6 Å². The average molecular weight is 679 g/mol. The summed E-state index contributed by atoms with van der Waals surface area (Å²) in [6.45, 7) is 12.1. The normalized spacial score (nSPS) is 11.5. The molecule has 0 atom stereocenters. The van der Waals surface area contributed by atoms with Gasteiger partial charge >= 0.3 is 0 Å². The number of aryl methyl sites for hydroxylation is 2. The average Bonchev–Trinajstić information content (AvgIpc) is 3.20. The third-order valence-corrected chi connectivity index (χ3v) is 6.81. The third kappa shape index (κ3) is 6.91. The molecule has 4 aromatic heterocycles. The van der Waals surface area contributed by atoms with E-state index in [-0.39, 0.29) is 43.5 Å². The summed E-state index contributed by atoms with van der Waals surface area (Å²) in [6, 6.07) is 8.86. The van der Waals surface area contributed by atoms with Crippen molar-refractivity contribution in [3.05, 3.63) is 66.0 Å². The monoisotopic (exact) mass is 679 g/mol. The van der Waals surface area contributed by atoms with Crippen LogP contribution < -0.4 is 0 Å². The summed E-state index contributed by atoms with van der Waals surface area (Å²) in [7, 11) is 0. The third-order valence-electron chi connectivity index (χ3n) is 6.81. The van der Waals surface area contributed by atoms with Crippen LogP contribution in [-0.4, -0.2) is 25.8 Å². The van der Waals surface area contributed by atoms with Gasteiger partial charge in [-0.1, -0.05) is 27.7 Å². The molecule has 199 valence electrons. The van der Waals surface area contributed by atoms with Crippen molar-refractivity contribution in [3.8, 4) is 11.3 Å². The number of carbonyl (C=O) groups excluding carboxylic acids is 1. The Morgan fingerprint density at radius 3 is 2.32 bits per heavy atom. The molecule has 0 fully saturated rings. The number of hydrogen-bond donors (Lipinski definition) is 1. The molecule has 0 aliphatic carbocycles. The van der Waals surface area contributed by atoms with Crippen molar-refractivity contribution in [2.45, 2.75) is 67.2 Å². The molecule has 0 unspecified atom stereocenters. The van der Waals surface area contributed by atoms with E-state index in [0.29, 0.717) is 0 Å². The molecular formula is C30H36IrN3O3-. The van der Waals surface area contributed by atoms with Crippen molar-refractivity contribution in [3.63, 3.8) is 0 Å². The maximum Gasteiger partial charge on any atom is 0.162 e. The number of allylic oxidation sites excluding steroid dienone is 2. The van der Waals surface area contributed by atoms with Crippen molar-refractivity contribution in [2.24, 2.45) is 11.8 Å². The first-order valence-electron chi connectivity index (χ1n) is 12.8. The van der Waals surface area contributed by atoms with Crippen molar-refractivity contribution >= 4 is 27.8 Å². The molecule has 37 heavy (non-hydrogen) atoms. The number of hydrogen-bond acceptors (Lipinski definition) is 6. The Kier molecular flexibility index (Phi) is 11.6. The Morgan fingerprint density at radius 1 is 1.05 bits per heavy atom. The zero-order valence-corrected chi connectivity index (χ0v) is 24.9. The molecule has 7 heteroatoms. The molecule has 0 aromatic carbocycles. The van der Waals surface area contributed by atoms with Crippen LogP contribution in [0, 0.1) is 31.7 Å². The maximum absolute atomic E-state index is 11.7. The summed E-state index contributed by atoms with van der Waals surface area (Å²) in [6.07, 6.45) is 10.1. The topological polar surface area (TPSA) is 89.1 Å². The fourth-order valence-corrected chi connectivity index (χ4v) is 4.35. The van der Waals surface area contributed by atoms with Crippen LogP contribution in [0.1, 0.15) is 64.7 Å². The van der Waals surface area contributed by atoms with Crippen LogP contribution in [-0.2, 0) is 24.9 Å². The van der Waals surface area contributed by atoms with Crippen LogP contribution in [0.25, 0.3) is 33.3 Å². The van der Waals surface area contributed by atoms with Gasteiger partial charge in [-0.3, -0.25) is 14.8 Å². The van der Waals surface area contributed by atoms with Gasteiger partial charge in [0.25, 0.3) is 0 Å². The van der Waals surface area contributed by atoms with E-state index in [1.807, 2.05) is 52.8 Å². The number of pyridine rings is 3. The molecule has 0 bridgehead atoms. The zero-order valence-electron chi connectivity index (χ0n) is 22.5. The van der Waals surface area contributed by atoms with Crippen molar-refractivity contribution in [2.75, 3.05) is 0 Å². The fraction of sp³-hybridized carbons (Fsp3) is 0.400. The Hall–Kier alpha value is -2.89. The molecule has 0 aliphatic rings. The Balaban J connectivity index is 0.000000271. The molecule has 0 amide bonds. The van der Waals surface area contributed by atoms with Gasteiger partial charge in [-0.15, -0.1) is 6.07 Å². The van der Waals surface area contributed by atoms with E-state index in [2.05, 4.69) is 23.0 Å². The first-order valence-corrected chi connectivity index (χ1v) is 12.8. The van der Waals surface area contributed by atoms with Crippen LogP contribution in [0.3, 0.4) is 0 Å². The van der Waals surface area contributed by atoms with Crippen molar-refractivity contribution < 1.29 is 34.4 Å². The second-order valence-corrected chi connectivity index (χ2v) is 8.97. The van der Waals surface area contributed by atoms with Gasteiger partial charge in [-0.25, -0.2) is 0 Å². The smallest absolute Gasteiger partial charge is 0.162 e. The van der Waals surface area contributed by atoms with E-state index in [9.17, 15) is 9.90 Å². The van der Waals surface area contributed by atoms with Crippen LogP contribution in [0.5, 0.6) is 0 Å². The van der Waals surface area contributed by atoms with Gasteiger partial charge in [0, 0.05) is 55.3 Å². The van der Waals surface area contributed by atoms with Crippen LogP contribution in [0.2, 0.25) is 0 Å². The van der Waals surface area contributed by atoms with Gasteiger partial charge < -0.3 is 14.5 Å². The molecule has 1 N–H and O–H groups in total. The summed E-state index contributed by atoms with van der Waals surface area (Å²) < 4.78 is 5.95. The molecule has 6 nitrogen and oxygen atoms in total. The van der Waals surface area contributed by atoms with Crippen LogP contribution >= 0.6 is 0 Å². The van der Waals surface area contributed by atoms with Crippen molar-refractivity contribution in [1.29, 1.82) is 0 Å². The van der Waals surface area contributed by atoms with E-state index < -0.39 is 0 Å². The first kappa shape index (κ1) is 30.3. The minimum Gasteiger partial charge on any atom is -0.512 e. The fourth-order valence-electron chi connectivity index (χ4n) is 4.35. The molecule has 4 aromatic rings. The molecule has 4 rings (SSSR count). The number of aliphatic hydroxyl groups excluding tert-OH is 1. The Labute approximate surface area is 233 Å².